The summed E-state index contributed by atoms with van der Waals surface area (Å²) in [5, 5.41) is 22.6. The summed E-state index contributed by atoms with van der Waals surface area (Å²) in [4.78, 5) is 26.1. The number of esters is 1. The molecule has 0 aromatic rings. The number of β-amino-alcohol motifs (C(OH)–C–C–N with tert-alkyl or cyclic N) is 1. The minimum Gasteiger partial charge on any atom is -0.467 e. The zero-order chi connectivity index (χ0) is 18.3. The van der Waals surface area contributed by atoms with E-state index in [9.17, 15) is 24.2 Å². The molecule has 2 fully saturated rings. The van der Waals surface area contributed by atoms with Gasteiger partial charge < -0.3 is 19.8 Å². The highest BCUT2D eigenvalue weighted by Gasteiger charge is 2.53. The summed E-state index contributed by atoms with van der Waals surface area (Å²) in [7, 11) is 1.22. The highest BCUT2D eigenvalue weighted by Crippen LogP contribution is 2.42. The summed E-state index contributed by atoms with van der Waals surface area (Å²) in [6, 6.07) is -1.78. The maximum atomic E-state index is 14.1. The van der Waals surface area contributed by atoms with Gasteiger partial charge in [0.2, 0.25) is 5.91 Å². The number of carbonyl (C=O) groups is 2. The predicted octanol–water partition coefficient (Wildman–Crippen LogP) is -0.0540. The van der Waals surface area contributed by atoms with E-state index in [4.69, 9.17) is 4.74 Å². The number of rotatable bonds is 5. The molecule has 0 aromatic heterocycles. The van der Waals surface area contributed by atoms with E-state index in [0.717, 1.165) is 0 Å². The molecule has 7 nitrogen and oxygen atoms in total. The molecule has 1 aliphatic heterocycles. The van der Waals surface area contributed by atoms with Gasteiger partial charge in [0.25, 0.3) is 0 Å². The van der Waals surface area contributed by atoms with Gasteiger partial charge in [-0.15, -0.1) is 0 Å². The molecule has 138 valence electrons. The number of ether oxygens (including phenoxy) is 1. The van der Waals surface area contributed by atoms with Gasteiger partial charge in [-0.05, 0) is 18.3 Å². The van der Waals surface area contributed by atoms with E-state index in [0.29, 0.717) is 0 Å². The van der Waals surface area contributed by atoms with Gasteiger partial charge in [-0.1, -0.05) is 20.8 Å². The van der Waals surface area contributed by atoms with Gasteiger partial charge in [0.15, 0.2) is 0 Å². The number of nitrogens with zero attached hydrogens (tertiary/aromatic N) is 1. The third-order valence-corrected chi connectivity index (χ3v) is 4.69. The number of aliphatic hydroxyl groups is 2. The Kier molecular flexibility index (Phi) is 5.22. The molecule has 1 aliphatic carbocycles. The van der Waals surface area contributed by atoms with E-state index in [1.165, 1.54) is 12.0 Å². The monoisotopic (exact) mass is 346 g/mol. The lowest BCUT2D eigenvalue weighted by atomic mass is 9.85. The molecule has 1 heterocycles. The second kappa shape index (κ2) is 6.57. The van der Waals surface area contributed by atoms with Crippen LogP contribution in [0.2, 0.25) is 0 Å². The SMILES string of the molecule is COC(=O)[C@@H]1C[C@@H](O)CN1C(=O)[C@@H](NC(O)C1(F)CC1)C(C)(C)C. The molecule has 2 rings (SSSR count). The number of amides is 1. The van der Waals surface area contributed by atoms with Crippen LogP contribution in [-0.2, 0) is 14.3 Å². The molecule has 0 aromatic carbocycles. The van der Waals surface area contributed by atoms with Gasteiger partial charge in [0.05, 0.1) is 19.3 Å². The third-order valence-electron chi connectivity index (χ3n) is 4.69. The molecule has 1 saturated carbocycles. The van der Waals surface area contributed by atoms with Gasteiger partial charge in [0.1, 0.15) is 17.9 Å². The summed E-state index contributed by atoms with van der Waals surface area (Å²) in [6.45, 7) is 5.36. The summed E-state index contributed by atoms with van der Waals surface area (Å²) in [5.41, 5.74) is -2.33. The topological polar surface area (TPSA) is 99.1 Å². The predicted molar refractivity (Wildman–Crippen MR) is 83.6 cm³/mol. The van der Waals surface area contributed by atoms with Crippen LogP contribution in [0.15, 0.2) is 0 Å². The van der Waals surface area contributed by atoms with Crippen LogP contribution in [0.5, 0.6) is 0 Å². The number of nitrogens with one attached hydrogen (secondary N) is 1. The van der Waals surface area contributed by atoms with Crippen molar-refractivity contribution in [3.63, 3.8) is 0 Å². The number of methoxy groups -OCH3 is 1. The number of likely N-dealkylation sites (tertiary alicyclic amines) is 1. The van der Waals surface area contributed by atoms with Gasteiger partial charge in [-0.2, -0.15) is 0 Å². The largest absolute Gasteiger partial charge is 0.467 e. The van der Waals surface area contributed by atoms with Crippen molar-refractivity contribution in [2.24, 2.45) is 5.41 Å². The van der Waals surface area contributed by atoms with Crippen molar-refractivity contribution in [1.29, 1.82) is 0 Å². The number of halogens is 1. The summed E-state index contributed by atoms with van der Waals surface area (Å²) >= 11 is 0. The Bertz CT molecular complexity index is 503. The standard InChI is InChI=1S/C16H27FN2O5/c1-15(2,3)11(18-14(23)16(17)5-6-16)12(21)19-8-9(20)7-10(19)13(22)24-4/h9-11,14,18,20,23H,5-8H2,1-4H3/t9-,10+,11-,14?/m1/s1. The Morgan fingerprint density at radius 3 is 2.42 bits per heavy atom. The van der Waals surface area contributed by atoms with Gasteiger partial charge >= 0.3 is 5.97 Å². The lowest BCUT2D eigenvalue weighted by molar-refractivity contribution is -0.153. The molecular weight excluding hydrogens is 319 g/mol. The highest BCUT2D eigenvalue weighted by atomic mass is 19.1. The zero-order valence-electron chi connectivity index (χ0n) is 14.6. The fourth-order valence-electron chi connectivity index (χ4n) is 2.97. The molecule has 1 unspecified atom stereocenters. The van der Waals surface area contributed by atoms with Crippen molar-refractivity contribution < 1.29 is 28.9 Å². The van der Waals surface area contributed by atoms with Crippen molar-refractivity contribution in [1.82, 2.24) is 10.2 Å². The van der Waals surface area contributed by atoms with Crippen LogP contribution in [0.4, 0.5) is 4.39 Å². The first kappa shape index (κ1) is 19.1. The van der Waals surface area contributed by atoms with Crippen LogP contribution in [0.25, 0.3) is 0 Å². The molecule has 0 bridgehead atoms. The van der Waals surface area contributed by atoms with E-state index in [1.54, 1.807) is 20.8 Å². The highest BCUT2D eigenvalue weighted by molar-refractivity contribution is 5.88. The minimum atomic E-state index is -1.70. The van der Waals surface area contributed by atoms with Crippen molar-refractivity contribution in [3.05, 3.63) is 0 Å². The second-order valence-corrected chi connectivity index (χ2v) is 7.82. The minimum absolute atomic E-state index is 0.00369. The van der Waals surface area contributed by atoms with Crippen LogP contribution in [0.1, 0.15) is 40.0 Å². The number of hydrogen-bond donors (Lipinski definition) is 3. The van der Waals surface area contributed by atoms with E-state index >= 15 is 0 Å². The van der Waals surface area contributed by atoms with Crippen LogP contribution >= 0.6 is 0 Å². The maximum Gasteiger partial charge on any atom is 0.328 e. The summed E-state index contributed by atoms with van der Waals surface area (Å²) in [6.07, 6.45) is -1.67. The smallest absolute Gasteiger partial charge is 0.328 e. The van der Waals surface area contributed by atoms with E-state index < -0.39 is 47.4 Å². The van der Waals surface area contributed by atoms with Gasteiger partial charge in [-0.3, -0.25) is 10.1 Å². The maximum absolute atomic E-state index is 14.1. The molecule has 3 N–H and O–H groups in total. The molecule has 1 saturated heterocycles. The second-order valence-electron chi connectivity index (χ2n) is 7.82. The molecule has 2 aliphatic rings. The zero-order valence-corrected chi connectivity index (χ0v) is 14.6. The lowest BCUT2D eigenvalue weighted by Crippen LogP contribution is -2.59. The van der Waals surface area contributed by atoms with Crippen molar-refractivity contribution in [2.45, 2.75) is 70.1 Å². The molecule has 0 spiro atoms. The average molecular weight is 346 g/mol. The molecule has 24 heavy (non-hydrogen) atoms. The van der Waals surface area contributed by atoms with E-state index in [1.807, 2.05) is 0 Å². The summed E-state index contributed by atoms with van der Waals surface area (Å²) in [5.74, 6) is -1.06. The normalized spacial score (nSPS) is 28.4. The van der Waals surface area contributed by atoms with Crippen molar-refractivity contribution >= 4 is 11.9 Å². The molecule has 8 heteroatoms. The first-order valence-electron chi connectivity index (χ1n) is 8.19. The Hall–Kier alpha value is -1.25. The molecule has 0 radical (unpaired) electrons. The third kappa shape index (κ3) is 3.87. The van der Waals surface area contributed by atoms with Gasteiger partial charge in [0, 0.05) is 13.0 Å². The Balaban J connectivity index is 2.19. The summed E-state index contributed by atoms with van der Waals surface area (Å²) < 4.78 is 18.8. The molecule has 1 amide bonds. The fraction of sp³-hybridized carbons (Fsp3) is 0.875. The quantitative estimate of drug-likeness (QED) is 0.477. The first-order valence-corrected chi connectivity index (χ1v) is 8.19. The first-order chi connectivity index (χ1) is 11.0. The number of carbonyl (C=O) groups excluding carboxylic acids is 2. The van der Waals surface area contributed by atoms with Gasteiger partial charge in [-0.25, -0.2) is 9.18 Å². The number of hydrogen-bond acceptors (Lipinski definition) is 6. The van der Waals surface area contributed by atoms with Crippen molar-refractivity contribution in [2.75, 3.05) is 13.7 Å². The van der Waals surface area contributed by atoms with Crippen LogP contribution in [0.3, 0.4) is 0 Å². The fourth-order valence-corrected chi connectivity index (χ4v) is 2.97. The van der Waals surface area contributed by atoms with E-state index in [-0.39, 0.29) is 25.8 Å². The Labute approximate surface area is 141 Å². The number of alkyl halides is 1. The Morgan fingerprint density at radius 2 is 1.96 bits per heavy atom. The lowest BCUT2D eigenvalue weighted by Gasteiger charge is -2.37. The van der Waals surface area contributed by atoms with Crippen molar-refractivity contribution in [3.8, 4) is 0 Å². The number of aliphatic hydroxyl groups excluding tert-OH is 2. The Morgan fingerprint density at radius 1 is 1.38 bits per heavy atom. The van der Waals surface area contributed by atoms with Crippen LogP contribution in [-0.4, -0.2) is 70.7 Å². The van der Waals surface area contributed by atoms with Crippen LogP contribution in [0, 0.1) is 5.41 Å². The molecule has 4 atom stereocenters. The molecular formula is C16H27FN2O5. The average Bonchev–Trinajstić information content (AvgIpc) is 3.12. The van der Waals surface area contributed by atoms with E-state index in [2.05, 4.69) is 5.32 Å². The van der Waals surface area contributed by atoms with Crippen LogP contribution < -0.4 is 5.32 Å².